The van der Waals surface area contributed by atoms with E-state index < -0.39 is 0 Å². The van der Waals surface area contributed by atoms with Crippen LogP contribution in [-0.2, 0) is 4.74 Å². The van der Waals surface area contributed by atoms with Crippen molar-refractivity contribution in [3.63, 3.8) is 0 Å². The highest BCUT2D eigenvalue weighted by molar-refractivity contribution is 6.32. The molecule has 2 heterocycles. The minimum absolute atomic E-state index is 0.128. The molecule has 0 amide bonds. The van der Waals surface area contributed by atoms with Crippen LogP contribution in [0.2, 0.25) is 5.02 Å². The van der Waals surface area contributed by atoms with Crippen LogP contribution in [0, 0.1) is 5.92 Å². The molecule has 2 aromatic rings. The molecule has 112 valence electrons. The lowest BCUT2D eigenvalue weighted by Crippen LogP contribution is -2.24. The number of methoxy groups -OCH3 is 1. The van der Waals surface area contributed by atoms with Gasteiger partial charge in [-0.05, 0) is 18.6 Å². The van der Waals surface area contributed by atoms with Crippen molar-refractivity contribution in [3.05, 3.63) is 41.4 Å². The first kappa shape index (κ1) is 14.4. The fourth-order valence-electron chi connectivity index (χ4n) is 2.63. The summed E-state index contributed by atoms with van der Waals surface area (Å²) < 4.78 is 12.6. The van der Waals surface area contributed by atoms with Crippen molar-refractivity contribution in [2.24, 2.45) is 11.7 Å². The molecule has 2 atom stereocenters. The fraction of sp³-hybridized carbons (Fsp3) is 0.400. The van der Waals surface area contributed by atoms with Crippen LogP contribution >= 0.6 is 11.6 Å². The molecule has 21 heavy (non-hydrogen) atoms. The maximum absolute atomic E-state index is 6.39. The van der Waals surface area contributed by atoms with Crippen molar-refractivity contribution < 1.29 is 9.47 Å². The van der Waals surface area contributed by atoms with Gasteiger partial charge in [-0.2, -0.15) is 0 Å². The highest BCUT2D eigenvalue weighted by atomic mass is 35.5. The van der Waals surface area contributed by atoms with Crippen LogP contribution in [0.15, 0.2) is 30.7 Å². The van der Waals surface area contributed by atoms with Crippen molar-refractivity contribution in [1.29, 1.82) is 0 Å². The number of hydrogen-bond donors (Lipinski definition) is 1. The summed E-state index contributed by atoms with van der Waals surface area (Å²) in [6.07, 6.45) is 4.49. The Balaban J connectivity index is 1.98. The van der Waals surface area contributed by atoms with Crippen LogP contribution < -0.4 is 10.5 Å². The molecule has 0 bridgehead atoms. The number of hydrogen-bond acceptors (Lipinski definition) is 4. The number of aromatic nitrogens is 2. The monoisotopic (exact) mass is 307 g/mol. The quantitative estimate of drug-likeness (QED) is 0.943. The zero-order valence-electron chi connectivity index (χ0n) is 11.8. The van der Waals surface area contributed by atoms with Crippen molar-refractivity contribution in [3.8, 4) is 11.4 Å². The molecule has 2 unspecified atom stereocenters. The van der Waals surface area contributed by atoms with Gasteiger partial charge < -0.3 is 19.8 Å². The Morgan fingerprint density at radius 3 is 3.10 bits per heavy atom. The predicted octanol–water partition coefficient (Wildman–Crippen LogP) is 2.57. The van der Waals surface area contributed by atoms with Crippen LogP contribution in [-0.4, -0.2) is 29.9 Å². The van der Waals surface area contributed by atoms with Gasteiger partial charge in [0.15, 0.2) is 0 Å². The molecule has 1 aromatic carbocycles. The molecule has 1 aliphatic heterocycles. The van der Waals surface area contributed by atoms with Gasteiger partial charge in [-0.15, -0.1) is 0 Å². The molecular formula is C15H18ClN3O2. The maximum atomic E-state index is 6.39. The van der Waals surface area contributed by atoms with E-state index in [1.165, 1.54) is 0 Å². The summed E-state index contributed by atoms with van der Waals surface area (Å²) in [5, 5.41) is 0.630. The summed E-state index contributed by atoms with van der Waals surface area (Å²) in [6, 6.07) is 5.39. The number of ether oxygens (including phenoxy) is 2. The van der Waals surface area contributed by atoms with E-state index in [-0.39, 0.29) is 6.04 Å². The molecule has 1 saturated heterocycles. The lowest BCUT2D eigenvalue weighted by Gasteiger charge is -2.20. The van der Waals surface area contributed by atoms with Crippen LogP contribution in [0.1, 0.15) is 18.2 Å². The van der Waals surface area contributed by atoms with Gasteiger partial charge in [0.25, 0.3) is 0 Å². The van der Waals surface area contributed by atoms with E-state index in [0.717, 1.165) is 30.2 Å². The maximum Gasteiger partial charge on any atom is 0.121 e. The zero-order chi connectivity index (χ0) is 14.8. The third-order valence-corrected chi connectivity index (χ3v) is 4.21. The number of rotatable bonds is 4. The van der Waals surface area contributed by atoms with E-state index in [1.54, 1.807) is 19.6 Å². The van der Waals surface area contributed by atoms with Crippen LogP contribution in [0.25, 0.3) is 5.69 Å². The Labute approximate surface area is 128 Å². The topological polar surface area (TPSA) is 62.3 Å². The minimum atomic E-state index is -0.128. The molecular weight excluding hydrogens is 290 g/mol. The van der Waals surface area contributed by atoms with E-state index in [9.17, 15) is 0 Å². The summed E-state index contributed by atoms with van der Waals surface area (Å²) >= 11 is 6.31. The Bertz CT molecular complexity index is 623. The van der Waals surface area contributed by atoms with Crippen molar-refractivity contribution in [2.75, 3.05) is 20.3 Å². The summed E-state index contributed by atoms with van der Waals surface area (Å²) in [4.78, 5) is 4.23. The molecule has 1 aliphatic rings. The van der Waals surface area contributed by atoms with Gasteiger partial charge in [-0.1, -0.05) is 11.6 Å². The molecule has 3 rings (SSSR count). The normalized spacial score (nSPS) is 19.7. The summed E-state index contributed by atoms with van der Waals surface area (Å²) in [5.74, 6) is 1.05. The minimum Gasteiger partial charge on any atom is -0.497 e. The molecule has 0 spiro atoms. The first-order chi connectivity index (χ1) is 10.2. The molecule has 5 nitrogen and oxygen atoms in total. The lowest BCUT2D eigenvalue weighted by molar-refractivity contribution is 0.180. The first-order valence-electron chi connectivity index (χ1n) is 6.90. The average Bonchev–Trinajstić information content (AvgIpc) is 3.18. The third kappa shape index (κ3) is 2.77. The highest BCUT2D eigenvalue weighted by Crippen LogP contribution is 2.31. The van der Waals surface area contributed by atoms with Gasteiger partial charge in [0, 0.05) is 18.6 Å². The van der Waals surface area contributed by atoms with Gasteiger partial charge in [0.1, 0.15) is 5.75 Å². The second kappa shape index (κ2) is 6.05. The summed E-state index contributed by atoms with van der Waals surface area (Å²) in [5.41, 5.74) is 8.14. The van der Waals surface area contributed by atoms with Gasteiger partial charge in [0.05, 0.1) is 48.7 Å². The summed E-state index contributed by atoms with van der Waals surface area (Å²) in [6.45, 7) is 1.46. The van der Waals surface area contributed by atoms with Crippen molar-refractivity contribution in [2.45, 2.75) is 12.5 Å². The average molecular weight is 308 g/mol. The standard InChI is InChI=1S/C15H18ClN3O2/c1-20-11-2-3-12(16)13(6-11)19-9-18-7-14(19)15(17)10-4-5-21-8-10/h2-3,6-7,9-10,15H,4-5,8,17H2,1H3. The predicted molar refractivity (Wildman–Crippen MR) is 81.0 cm³/mol. The molecule has 0 radical (unpaired) electrons. The molecule has 0 aliphatic carbocycles. The fourth-order valence-corrected chi connectivity index (χ4v) is 2.84. The zero-order valence-corrected chi connectivity index (χ0v) is 12.6. The van der Waals surface area contributed by atoms with E-state index in [0.29, 0.717) is 17.5 Å². The van der Waals surface area contributed by atoms with E-state index in [1.807, 2.05) is 22.8 Å². The molecule has 2 N–H and O–H groups in total. The first-order valence-corrected chi connectivity index (χ1v) is 7.28. The molecule has 6 heteroatoms. The van der Waals surface area contributed by atoms with E-state index in [4.69, 9.17) is 26.8 Å². The van der Waals surface area contributed by atoms with Crippen molar-refractivity contribution >= 4 is 11.6 Å². The van der Waals surface area contributed by atoms with E-state index in [2.05, 4.69) is 4.98 Å². The number of halogens is 1. The SMILES string of the molecule is COc1ccc(Cl)c(-n2cncc2C(N)C2CCOC2)c1. The second-order valence-corrected chi connectivity index (χ2v) is 5.56. The molecule has 1 aromatic heterocycles. The van der Waals surface area contributed by atoms with E-state index >= 15 is 0 Å². The molecule has 1 fully saturated rings. The van der Waals surface area contributed by atoms with Crippen LogP contribution in [0.3, 0.4) is 0 Å². The van der Waals surface area contributed by atoms with Gasteiger partial charge >= 0.3 is 0 Å². The van der Waals surface area contributed by atoms with Gasteiger partial charge in [-0.25, -0.2) is 4.98 Å². The Hall–Kier alpha value is -1.56. The number of benzene rings is 1. The lowest BCUT2D eigenvalue weighted by atomic mass is 9.97. The summed E-state index contributed by atoms with van der Waals surface area (Å²) in [7, 11) is 1.63. The van der Waals surface area contributed by atoms with Crippen LogP contribution in [0.4, 0.5) is 0 Å². The number of imidazole rings is 1. The smallest absolute Gasteiger partial charge is 0.121 e. The number of nitrogens with two attached hydrogens (primary N) is 1. The Kier molecular flexibility index (Phi) is 4.14. The highest BCUT2D eigenvalue weighted by Gasteiger charge is 2.27. The Morgan fingerprint density at radius 1 is 1.52 bits per heavy atom. The van der Waals surface area contributed by atoms with Gasteiger partial charge in [0.2, 0.25) is 0 Å². The van der Waals surface area contributed by atoms with Crippen molar-refractivity contribution in [1.82, 2.24) is 9.55 Å². The largest absolute Gasteiger partial charge is 0.497 e. The third-order valence-electron chi connectivity index (χ3n) is 3.89. The number of nitrogens with zero attached hydrogens (tertiary/aromatic N) is 2. The molecule has 0 saturated carbocycles. The second-order valence-electron chi connectivity index (χ2n) is 5.16. The van der Waals surface area contributed by atoms with Gasteiger partial charge in [-0.3, -0.25) is 0 Å². The Morgan fingerprint density at radius 2 is 2.38 bits per heavy atom. The van der Waals surface area contributed by atoms with Crippen LogP contribution in [0.5, 0.6) is 5.75 Å².